The minimum Gasteiger partial charge on any atom is -0.376 e. The van der Waals surface area contributed by atoms with Crippen molar-refractivity contribution in [2.24, 2.45) is 4.99 Å². The summed E-state index contributed by atoms with van der Waals surface area (Å²) in [5, 5.41) is 3.22. The maximum Gasteiger partial charge on any atom is 0.193 e. The topological polar surface area (TPSA) is 80.2 Å². The number of aliphatic imine (C=N–C) groups is 1. The Bertz CT molecular complexity index is 563. The Kier molecular flexibility index (Phi) is 7.73. The molecule has 0 saturated carbocycles. The zero-order valence-corrected chi connectivity index (χ0v) is 17.5. The second kappa shape index (κ2) is 9.37. The van der Waals surface area contributed by atoms with Gasteiger partial charge in [0, 0.05) is 39.5 Å². The number of nitrogens with zero attached hydrogens (tertiary/aromatic N) is 2. The Morgan fingerprint density at radius 1 is 1.27 bits per heavy atom. The fraction of sp³-hybridized carbons (Fsp3) is 0.944. The number of sulfone groups is 1. The normalized spacial score (nSPS) is 23.9. The summed E-state index contributed by atoms with van der Waals surface area (Å²) in [6, 6.07) is 0. The first-order valence-corrected chi connectivity index (χ1v) is 11.5. The van der Waals surface area contributed by atoms with Gasteiger partial charge in [0.2, 0.25) is 0 Å². The molecule has 2 rings (SSSR count). The molecule has 2 saturated heterocycles. The zero-order valence-electron chi connectivity index (χ0n) is 16.7. The van der Waals surface area contributed by atoms with Crippen molar-refractivity contribution in [2.75, 3.05) is 46.2 Å². The van der Waals surface area contributed by atoms with Crippen LogP contribution in [0.3, 0.4) is 0 Å². The van der Waals surface area contributed by atoms with Crippen LogP contribution in [-0.4, -0.2) is 82.4 Å². The predicted molar refractivity (Wildman–Crippen MR) is 104 cm³/mol. The van der Waals surface area contributed by atoms with Gasteiger partial charge in [0.05, 0.1) is 23.6 Å². The quantitative estimate of drug-likeness (QED) is 0.547. The molecule has 0 aliphatic carbocycles. The smallest absolute Gasteiger partial charge is 0.193 e. The molecule has 152 valence electrons. The van der Waals surface area contributed by atoms with E-state index in [-0.39, 0.29) is 12.2 Å². The monoisotopic (exact) mass is 389 g/mol. The van der Waals surface area contributed by atoms with Crippen molar-refractivity contribution >= 4 is 15.8 Å². The summed E-state index contributed by atoms with van der Waals surface area (Å²) >= 11 is 0. The predicted octanol–water partition coefficient (Wildman–Crippen LogP) is 1.44. The fourth-order valence-corrected chi connectivity index (χ4v) is 3.51. The van der Waals surface area contributed by atoms with E-state index in [1.54, 1.807) is 20.9 Å². The van der Waals surface area contributed by atoms with Gasteiger partial charge in [-0.2, -0.15) is 0 Å². The van der Waals surface area contributed by atoms with Crippen molar-refractivity contribution in [3.63, 3.8) is 0 Å². The second-order valence-electron chi connectivity index (χ2n) is 7.94. The Balaban J connectivity index is 1.74. The highest BCUT2D eigenvalue weighted by molar-refractivity contribution is 7.92. The number of hydrogen-bond donors (Lipinski definition) is 1. The van der Waals surface area contributed by atoms with Gasteiger partial charge in [-0.15, -0.1) is 0 Å². The van der Waals surface area contributed by atoms with E-state index in [2.05, 4.69) is 15.2 Å². The van der Waals surface area contributed by atoms with Crippen LogP contribution in [0.1, 0.15) is 46.0 Å². The van der Waals surface area contributed by atoms with E-state index in [1.807, 2.05) is 0 Å². The minimum atomic E-state index is -3.13. The van der Waals surface area contributed by atoms with E-state index in [4.69, 9.17) is 9.47 Å². The lowest BCUT2D eigenvalue weighted by atomic mass is 10.1. The average Bonchev–Trinajstić information content (AvgIpc) is 2.61. The summed E-state index contributed by atoms with van der Waals surface area (Å²) in [6.45, 7) is 7.07. The van der Waals surface area contributed by atoms with Crippen LogP contribution in [0.2, 0.25) is 0 Å². The minimum absolute atomic E-state index is 0.259. The Morgan fingerprint density at radius 3 is 2.50 bits per heavy atom. The van der Waals surface area contributed by atoms with E-state index in [0.29, 0.717) is 13.2 Å². The lowest BCUT2D eigenvalue weighted by molar-refractivity contribution is -0.0721. The van der Waals surface area contributed by atoms with Gasteiger partial charge in [-0.1, -0.05) is 0 Å². The average molecular weight is 390 g/mol. The Labute approximate surface area is 158 Å². The molecule has 2 aliphatic rings. The van der Waals surface area contributed by atoms with Gasteiger partial charge in [0.15, 0.2) is 15.8 Å². The third-order valence-electron chi connectivity index (χ3n) is 5.42. The van der Waals surface area contributed by atoms with E-state index in [9.17, 15) is 8.42 Å². The van der Waals surface area contributed by atoms with Crippen LogP contribution in [0.5, 0.6) is 0 Å². The van der Waals surface area contributed by atoms with Crippen LogP contribution in [0.15, 0.2) is 4.99 Å². The Hall–Kier alpha value is -0.860. The molecule has 1 atom stereocenters. The number of piperidine rings is 1. The van der Waals surface area contributed by atoms with Crippen molar-refractivity contribution in [3.05, 3.63) is 0 Å². The molecule has 0 aromatic carbocycles. The maximum absolute atomic E-state index is 11.9. The van der Waals surface area contributed by atoms with Crippen LogP contribution in [0, 0.1) is 0 Å². The van der Waals surface area contributed by atoms with Gasteiger partial charge in [-0.3, -0.25) is 4.99 Å². The van der Waals surface area contributed by atoms with Crippen molar-refractivity contribution in [3.8, 4) is 0 Å². The molecule has 2 heterocycles. The summed E-state index contributed by atoms with van der Waals surface area (Å²) < 4.78 is 34.7. The second-order valence-corrected chi connectivity index (χ2v) is 10.6. The standard InChI is InChI=1S/C18H35N3O4S/c1-18(2,26(4,22)23)14-20-17(19-3)21-10-8-15(9-11-21)25-13-16-7-5-6-12-24-16/h15-16H,5-14H2,1-4H3,(H,19,20). The molecule has 2 fully saturated rings. The molecule has 0 amide bonds. The van der Waals surface area contributed by atoms with Gasteiger partial charge in [0.1, 0.15) is 0 Å². The summed E-state index contributed by atoms with van der Waals surface area (Å²) in [5.74, 6) is 0.760. The highest BCUT2D eigenvalue weighted by Gasteiger charge is 2.31. The van der Waals surface area contributed by atoms with Crippen LogP contribution >= 0.6 is 0 Å². The number of rotatable bonds is 6. The lowest BCUT2D eigenvalue weighted by Crippen LogP contribution is -2.51. The number of guanidine groups is 1. The van der Waals surface area contributed by atoms with Gasteiger partial charge < -0.3 is 19.7 Å². The van der Waals surface area contributed by atoms with Gasteiger partial charge in [0.25, 0.3) is 0 Å². The number of ether oxygens (including phenoxy) is 2. The van der Waals surface area contributed by atoms with Crippen LogP contribution in [0.25, 0.3) is 0 Å². The van der Waals surface area contributed by atoms with E-state index < -0.39 is 14.6 Å². The third kappa shape index (κ3) is 6.09. The fourth-order valence-electron chi connectivity index (χ4n) is 3.17. The van der Waals surface area contributed by atoms with Crippen molar-refractivity contribution in [1.29, 1.82) is 0 Å². The SMILES string of the molecule is CN=C(NCC(C)(C)S(C)(=O)=O)N1CCC(OCC2CCCCO2)CC1. The molecule has 26 heavy (non-hydrogen) atoms. The first kappa shape index (κ1) is 21.4. The van der Waals surface area contributed by atoms with Crippen molar-refractivity contribution in [1.82, 2.24) is 10.2 Å². The molecule has 2 aliphatic heterocycles. The summed E-state index contributed by atoms with van der Waals surface area (Å²) in [5.41, 5.74) is 0. The molecular formula is C18H35N3O4S. The first-order valence-electron chi connectivity index (χ1n) is 9.61. The van der Waals surface area contributed by atoms with Gasteiger partial charge >= 0.3 is 0 Å². The summed E-state index contributed by atoms with van der Waals surface area (Å²) in [6.07, 6.45) is 7.19. The molecule has 1 N–H and O–H groups in total. The molecule has 0 aromatic rings. The molecule has 0 radical (unpaired) electrons. The summed E-state index contributed by atoms with van der Waals surface area (Å²) in [4.78, 5) is 6.49. The summed E-state index contributed by atoms with van der Waals surface area (Å²) in [7, 11) is -1.40. The lowest BCUT2D eigenvalue weighted by Gasteiger charge is -2.36. The van der Waals surface area contributed by atoms with E-state index >= 15 is 0 Å². The van der Waals surface area contributed by atoms with Crippen LogP contribution < -0.4 is 5.32 Å². The van der Waals surface area contributed by atoms with Crippen LogP contribution in [-0.2, 0) is 19.3 Å². The largest absolute Gasteiger partial charge is 0.376 e. The molecule has 1 unspecified atom stereocenters. The highest BCUT2D eigenvalue weighted by atomic mass is 32.2. The molecular weight excluding hydrogens is 354 g/mol. The third-order valence-corrected chi connectivity index (χ3v) is 7.57. The van der Waals surface area contributed by atoms with E-state index in [0.717, 1.165) is 51.3 Å². The van der Waals surface area contributed by atoms with Crippen molar-refractivity contribution < 1.29 is 17.9 Å². The molecule has 0 bridgehead atoms. The van der Waals surface area contributed by atoms with Gasteiger partial charge in [-0.25, -0.2) is 8.42 Å². The molecule has 0 aromatic heterocycles. The number of nitrogens with one attached hydrogen (secondary N) is 1. The number of hydrogen-bond acceptors (Lipinski definition) is 5. The molecule has 0 spiro atoms. The maximum atomic E-state index is 11.9. The van der Waals surface area contributed by atoms with Gasteiger partial charge in [-0.05, 0) is 46.0 Å². The number of likely N-dealkylation sites (tertiary alicyclic amines) is 1. The molecule has 8 heteroatoms. The van der Waals surface area contributed by atoms with Crippen molar-refractivity contribution in [2.45, 2.75) is 62.9 Å². The molecule has 7 nitrogen and oxygen atoms in total. The first-order chi connectivity index (χ1) is 12.2. The zero-order chi connectivity index (χ0) is 19.2. The van der Waals surface area contributed by atoms with Crippen LogP contribution in [0.4, 0.5) is 0 Å². The Morgan fingerprint density at radius 2 is 1.96 bits per heavy atom. The highest BCUT2D eigenvalue weighted by Crippen LogP contribution is 2.18. The van der Waals surface area contributed by atoms with E-state index in [1.165, 1.54) is 12.7 Å².